The topological polar surface area (TPSA) is 77.9 Å². The SMILES string of the molecule is Cn1c(O)cn(Cc2ccc(-c3ccc4c(nnn4CC4CC4)c3Br)cc2F)c1=O. The Morgan fingerprint density at radius 1 is 1.27 bits per heavy atom. The minimum atomic E-state index is -0.424. The number of aromatic nitrogens is 5. The van der Waals surface area contributed by atoms with Gasteiger partial charge in [-0.25, -0.2) is 13.9 Å². The third-order valence-electron chi connectivity index (χ3n) is 5.61. The first-order chi connectivity index (χ1) is 14.4. The molecule has 0 amide bonds. The summed E-state index contributed by atoms with van der Waals surface area (Å²) in [4.78, 5) is 12.1. The molecule has 0 radical (unpaired) electrons. The van der Waals surface area contributed by atoms with Gasteiger partial charge in [0.15, 0.2) is 0 Å². The smallest absolute Gasteiger partial charge is 0.331 e. The molecule has 5 rings (SSSR count). The minimum Gasteiger partial charge on any atom is -0.493 e. The molecule has 1 aliphatic rings. The van der Waals surface area contributed by atoms with E-state index in [0.29, 0.717) is 17.0 Å². The molecule has 0 bridgehead atoms. The van der Waals surface area contributed by atoms with Crippen molar-refractivity contribution in [2.75, 3.05) is 0 Å². The molecule has 30 heavy (non-hydrogen) atoms. The van der Waals surface area contributed by atoms with Crippen molar-refractivity contribution in [2.24, 2.45) is 13.0 Å². The average molecular weight is 472 g/mol. The zero-order chi connectivity index (χ0) is 21.0. The molecule has 1 N–H and O–H groups in total. The van der Waals surface area contributed by atoms with Crippen LogP contribution in [0.3, 0.4) is 0 Å². The second kappa shape index (κ2) is 7.09. The van der Waals surface area contributed by atoms with Crippen LogP contribution in [0.1, 0.15) is 18.4 Å². The number of halogens is 2. The van der Waals surface area contributed by atoms with Gasteiger partial charge in [-0.15, -0.1) is 5.10 Å². The summed E-state index contributed by atoms with van der Waals surface area (Å²) in [6, 6.07) is 8.82. The molecule has 1 saturated carbocycles. The van der Waals surface area contributed by atoms with Crippen molar-refractivity contribution < 1.29 is 9.50 Å². The van der Waals surface area contributed by atoms with Crippen LogP contribution in [0.15, 0.2) is 45.8 Å². The predicted octanol–water partition coefficient (Wildman–Crippen LogP) is 3.66. The first kappa shape index (κ1) is 19.0. The lowest BCUT2D eigenvalue weighted by Crippen LogP contribution is -2.22. The maximum absolute atomic E-state index is 14.8. The highest BCUT2D eigenvalue weighted by molar-refractivity contribution is 9.10. The second-order valence-electron chi connectivity index (χ2n) is 7.77. The molecule has 1 aliphatic carbocycles. The Bertz CT molecular complexity index is 1340. The van der Waals surface area contributed by atoms with E-state index in [1.165, 1.54) is 36.7 Å². The number of fused-ring (bicyclic) bond motifs is 1. The number of imidazole rings is 1. The predicted molar refractivity (Wildman–Crippen MR) is 114 cm³/mol. The minimum absolute atomic E-state index is 0.0368. The zero-order valence-electron chi connectivity index (χ0n) is 16.2. The molecule has 2 aromatic heterocycles. The van der Waals surface area contributed by atoms with E-state index in [1.54, 1.807) is 6.07 Å². The van der Waals surface area contributed by atoms with Gasteiger partial charge < -0.3 is 5.11 Å². The highest BCUT2D eigenvalue weighted by atomic mass is 79.9. The molecule has 9 heteroatoms. The van der Waals surface area contributed by atoms with Gasteiger partial charge in [-0.3, -0.25) is 9.13 Å². The molecule has 0 aliphatic heterocycles. The number of hydrogen-bond donors (Lipinski definition) is 1. The van der Waals surface area contributed by atoms with Crippen molar-refractivity contribution in [1.82, 2.24) is 24.1 Å². The second-order valence-corrected chi connectivity index (χ2v) is 8.57. The van der Waals surface area contributed by atoms with Crippen LogP contribution >= 0.6 is 15.9 Å². The Morgan fingerprint density at radius 3 is 2.73 bits per heavy atom. The molecule has 0 spiro atoms. The van der Waals surface area contributed by atoms with Crippen LogP contribution in [0, 0.1) is 11.7 Å². The van der Waals surface area contributed by atoms with Crippen molar-refractivity contribution in [3.05, 3.63) is 62.9 Å². The van der Waals surface area contributed by atoms with Crippen LogP contribution in [0.2, 0.25) is 0 Å². The van der Waals surface area contributed by atoms with Crippen LogP contribution in [0.25, 0.3) is 22.2 Å². The maximum Gasteiger partial charge on any atom is 0.331 e. The molecule has 1 fully saturated rings. The summed E-state index contributed by atoms with van der Waals surface area (Å²) < 4.78 is 19.9. The van der Waals surface area contributed by atoms with Gasteiger partial charge in [0.2, 0.25) is 5.88 Å². The van der Waals surface area contributed by atoms with Crippen LogP contribution in [-0.2, 0) is 20.1 Å². The number of benzene rings is 2. The van der Waals surface area contributed by atoms with Crippen molar-refractivity contribution in [3.63, 3.8) is 0 Å². The molecule has 0 atom stereocenters. The van der Waals surface area contributed by atoms with Gasteiger partial charge in [-0.1, -0.05) is 23.4 Å². The summed E-state index contributed by atoms with van der Waals surface area (Å²) in [5, 5.41) is 18.2. The van der Waals surface area contributed by atoms with Gasteiger partial charge in [0.25, 0.3) is 0 Å². The van der Waals surface area contributed by atoms with Gasteiger partial charge in [0.1, 0.15) is 11.3 Å². The first-order valence-corrected chi connectivity index (χ1v) is 10.5. The summed E-state index contributed by atoms with van der Waals surface area (Å²) >= 11 is 3.62. The van der Waals surface area contributed by atoms with Gasteiger partial charge in [-0.05, 0) is 57.9 Å². The molecule has 0 unspecified atom stereocenters. The average Bonchev–Trinajstić information content (AvgIpc) is 3.40. The van der Waals surface area contributed by atoms with E-state index in [0.717, 1.165) is 32.2 Å². The lowest BCUT2D eigenvalue weighted by Gasteiger charge is -2.09. The van der Waals surface area contributed by atoms with Crippen LogP contribution in [0.5, 0.6) is 5.88 Å². The number of hydrogen-bond acceptors (Lipinski definition) is 4. The van der Waals surface area contributed by atoms with E-state index in [1.807, 2.05) is 22.9 Å². The standard InChI is InChI=1S/C21H19BrFN5O2/c1-26-18(29)11-27(21(26)30)10-14-5-4-13(8-16(14)23)15-6-7-17-20(19(15)22)24-25-28(17)9-12-2-3-12/h4-8,11-12,29H,2-3,9-10H2,1H3. The fourth-order valence-electron chi connectivity index (χ4n) is 3.62. The largest absolute Gasteiger partial charge is 0.493 e. The molecule has 0 saturated heterocycles. The molecule has 2 aromatic carbocycles. The number of nitrogens with zero attached hydrogens (tertiary/aromatic N) is 5. The lowest BCUT2D eigenvalue weighted by molar-refractivity contribution is 0.429. The van der Waals surface area contributed by atoms with E-state index in [2.05, 4.69) is 26.2 Å². The summed E-state index contributed by atoms with van der Waals surface area (Å²) in [5.74, 6) is 0.102. The monoisotopic (exact) mass is 471 g/mol. The summed E-state index contributed by atoms with van der Waals surface area (Å²) in [6.45, 7) is 0.912. The Kier molecular flexibility index (Phi) is 4.50. The third kappa shape index (κ3) is 3.23. The highest BCUT2D eigenvalue weighted by Crippen LogP contribution is 2.36. The maximum atomic E-state index is 14.8. The first-order valence-electron chi connectivity index (χ1n) is 9.68. The van der Waals surface area contributed by atoms with E-state index in [-0.39, 0.29) is 12.4 Å². The Morgan fingerprint density at radius 2 is 2.07 bits per heavy atom. The van der Waals surface area contributed by atoms with Crippen LogP contribution in [0.4, 0.5) is 4.39 Å². The quantitative estimate of drug-likeness (QED) is 0.481. The third-order valence-corrected chi connectivity index (χ3v) is 6.41. The number of rotatable bonds is 5. The van der Waals surface area contributed by atoms with Gasteiger partial charge in [-0.2, -0.15) is 0 Å². The van der Waals surface area contributed by atoms with E-state index in [9.17, 15) is 14.3 Å². The van der Waals surface area contributed by atoms with Gasteiger partial charge in [0.05, 0.1) is 22.7 Å². The summed E-state index contributed by atoms with van der Waals surface area (Å²) in [5.41, 5.74) is 3.19. The Hall–Kier alpha value is -2.94. The molecular formula is C21H19BrFN5O2. The molecule has 7 nitrogen and oxygen atoms in total. The van der Waals surface area contributed by atoms with Crippen molar-refractivity contribution >= 4 is 27.0 Å². The van der Waals surface area contributed by atoms with Crippen molar-refractivity contribution in [2.45, 2.75) is 25.9 Å². The van der Waals surface area contributed by atoms with Gasteiger partial charge in [0, 0.05) is 19.2 Å². The molecule has 4 aromatic rings. The molecule has 2 heterocycles. The molecular weight excluding hydrogens is 453 g/mol. The summed E-state index contributed by atoms with van der Waals surface area (Å²) in [6.07, 6.45) is 3.77. The van der Waals surface area contributed by atoms with Crippen LogP contribution in [-0.4, -0.2) is 29.2 Å². The van der Waals surface area contributed by atoms with E-state index in [4.69, 9.17) is 0 Å². The summed E-state index contributed by atoms with van der Waals surface area (Å²) in [7, 11) is 1.46. The Balaban J connectivity index is 1.47. The number of aromatic hydroxyl groups is 1. The fraction of sp³-hybridized carbons (Fsp3) is 0.286. The fourth-order valence-corrected chi connectivity index (χ4v) is 4.26. The van der Waals surface area contributed by atoms with E-state index >= 15 is 0 Å². The zero-order valence-corrected chi connectivity index (χ0v) is 17.8. The van der Waals surface area contributed by atoms with Crippen molar-refractivity contribution in [3.8, 4) is 17.0 Å². The lowest BCUT2D eigenvalue weighted by atomic mass is 10.0. The van der Waals surface area contributed by atoms with Crippen LogP contribution < -0.4 is 5.69 Å². The normalized spacial score (nSPS) is 14.0. The van der Waals surface area contributed by atoms with E-state index < -0.39 is 11.5 Å². The highest BCUT2D eigenvalue weighted by Gasteiger charge is 2.24. The molecule has 154 valence electrons. The van der Waals surface area contributed by atoms with Gasteiger partial charge >= 0.3 is 5.69 Å². The Labute approximate surface area is 179 Å². The van der Waals surface area contributed by atoms with Crippen molar-refractivity contribution in [1.29, 1.82) is 0 Å².